The van der Waals surface area contributed by atoms with Gasteiger partial charge in [-0.15, -0.1) is 0 Å². The second-order valence-electron chi connectivity index (χ2n) is 11.0. The van der Waals surface area contributed by atoms with Crippen LogP contribution in [0, 0.1) is 0 Å². The fourth-order valence-electron chi connectivity index (χ4n) is 5.64. The van der Waals surface area contributed by atoms with E-state index in [1.807, 2.05) is 0 Å². The first kappa shape index (κ1) is 30.9. The third-order valence-corrected chi connectivity index (χ3v) is 7.65. The second-order valence-corrected chi connectivity index (χ2v) is 11.0. The Morgan fingerprint density at radius 2 is 0.690 bits per heavy atom. The first-order chi connectivity index (χ1) is 20.7. The first-order valence-electron chi connectivity index (χ1n) is 15.9. The van der Waals surface area contributed by atoms with Gasteiger partial charge in [-0.3, -0.25) is 0 Å². The molecular formula is C40H48N2. The van der Waals surface area contributed by atoms with Crippen molar-refractivity contribution in [3.05, 3.63) is 144 Å². The lowest BCUT2D eigenvalue weighted by Gasteiger charge is -2.25. The van der Waals surface area contributed by atoms with Gasteiger partial charge in [-0.25, -0.2) is 0 Å². The fraction of sp³-hybridized carbons (Fsp3) is 0.300. The van der Waals surface area contributed by atoms with Crippen molar-refractivity contribution in [3.63, 3.8) is 0 Å². The van der Waals surface area contributed by atoms with Crippen LogP contribution in [-0.2, 0) is 0 Å². The maximum atomic E-state index is 2.50. The zero-order chi connectivity index (χ0) is 29.6. The smallest absolute Gasteiger partial charge is 0.0366 e. The number of rotatable bonds is 15. The van der Waals surface area contributed by atoms with Crippen molar-refractivity contribution in [2.75, 3.05) is 36.0 Å². The van der Waals surface area contributed by atoms with E-state index in [1.165, 1.54) is 44.8 Å². The highest BCUT2D eigenvalue weighted by Crippen LogP contribution is 2.30. The van der Waals surface area contributed by atoms with E-state index in [4.69, 9.17) is 0 Å². The lowest BCUT2D eigenvalue weighted by Crippen LogP contribution is -2.24. The molecule has 4 aromatic carbocycles. The van der Waals surface area contributed by atoms with Crippen LogP contribution in [-0.4, -0.2) is 26.2 Å². The SMILES string of the molecule is CCCN(CCC)c1ccc(C(=CC=C(c2ccccc2)c2ccccc2)c2ccc(N(CCC)CCC)cc2)cc1. The van der Waals surface area contributed by atoms with E-state index in [2.05, 4.69) is 159 Å². The van der Waals surface area contributed by atoms with Gasteiger partial charge in [-0.1, -0.05) is 125 Å². The van der Waals surface area contributed by atoms with Gasteiger partial charge in [-0.2, -0.15) is 0 Å². The molecule has 0 aromatic heterocycles. The number of hydrogen-bond acceptors (Lipinski definition) is 2. The highest BCUT2D eigenvalue weighted by Gasteiger charge is 2.11. The summed E-state index contributed by atoms with van der Waals surface area (Å²) in [5.41, 5.74) is 9.95. The van der Waals surface area contributed by atoms with E-state index in [9.17, 15) is 0 Å². The van der Waals surface area contributed by atoms with Crippen molar-refractivity contribution in [1.29, 1.82) is 0 Å². The predicted octanol–water partition coefficient (Wildman–Crippen LogP) is 10.5. The van der Waals surface area contributed by atoms with Crippen molar-refractivity contribution < 1.29 is 0 Å². The molecule has 0 atom stereocenters. The Morgan fingerprint density at radius 1 is 0.405 bits per heavy atom. The molecule has 218 valence electrons. The molecule has 0 saturated carbocycles. The van der Waals surface area contributed by atoms with Gasteiger partial charge < -0.3 is 9.80 Å². The van der Waals surface area contributed by atoms with Crippen LogP contribution in [0.3, 0.4) is 0 Å². The summed E-state index contributed by atoms with van der Waals surface area (Å²) in [6, 6.07) is 39.8. The maximum absolute atomic E-state index is 2.50. The molecule has 0 heterocycles. The molecule has 0 bridgehead atoms. The zero-order valence-corrected chi connectivity index (χ0v) is 26.1. The van der Waals surface area contributed by atoms with E-state index >= 15 is 0 Å². The Balaban J connectivity index is 1.80. The molecule has 0 saturated heterocycles. The van der Waals surface area contributed by atoms with Crippen LogP contribution in [0.15, 0.2) is 121 Å². The summed E-state index contributed by atoms with van der Waals surface area (Å²) >= 11 is 0. The Morgan fingerprint density at radius 3 is 0.976 bits per heavy atom. The number of anilines is 2. The van der Waals surface area contributed by atoms with Gasteiger partial charge in [0.05, 0.1) is 0 Å². The Bertz CT molecular complexity index is 1270. The molecular weight excluding hydrogens is 508 g/mol. The highest BCUT2D eigenvalue weighted by molar-refractivity contribution is 5.86. The van der Waals surface area contributed by atoms with Crippen LogP contribution < -0.4 is 9.80 Å². The molecule has 0 N–H and O–H groups in total. The Kier molecular flexibility index (Phi) is 12.1. The molecule has 4 aromatic rings. The second kappa shape index (κ2) is 16.4. The summed E-state index contributed by atoms with van der Waals surface area (Å²) in [6.07, 6.45) is 9.21. The third-order valence-electron chi connectivity index (χ3n) is 7.65. The quantitative estimate of drug-likeness (QED) is 0.134. The number of nitrogens with zero attached hydrogens (tertiary/aromatic N) is 2. The van der Waals surface area contributed by atoms with Crippen LogP contribution >= 0.6 is 0 Å². The van der Waals surface area contributed by atoms with Gasteiger partial charge in [0.2, 0.25) is 0 Å². The molecule has 0 fully saturated rings. The van der Waals surface area contributed by atoms with Crippen LogP contribution in [0.1, 0.15) is 75.6 Å². The van der Waals surface area contributed by atoms with Crippen LogP contribution in [0.5, 0.6) is 0 Å². The maximum Gasteiger partial charge on any atom is 0.0366 e. The van der Waals surface area contributed by atoms with Crippen molar-refractivity contribution >= 4 is 22.5 Å². The van der Waals surface area contributed by atoms with Gasteiger partial charge in [0, 0.05) is 37.6 Å². The van der Waals surface area contributed by atoms with Gasteiger partial charge in [0.1, 0.15) is 0 Å². The van der Waals surface area contributed by atoms with Gasteiger partial charge in [-0.05, 0) is 83.3 Å². The molecule has 42 heavy (non-hydrogen) atoms. The fourth-order valence-corrected chi connectivity index (χ4v) is 5.64. The lowest BCUT2D eigenvalue weighted by atomic mass is 9.93. The monoisotopic (exact) mass is 556 g/mol. The average molecular weight is 557 g/mol. The molecule has 0 amide bonds. The van der Waals surface area contributed by atoms with Crippen molar-refractivity contribution in [2.24, 2.45) is 0 Å². The molecule has 0 spiro atoms. The summed E-state index contributed by atoms with van der Waals surface area (Å²) in [7, 11) is 0. The Labute approximate surface area is 255 Å². The average Bonchev–Trinajstić information content (AvgIpc) is 3.04. The first-order valence-corrected chi connectivity index (χ1v) is 15.9. The van der Waals surface area contributed by atoms with Crippen LogP contribution in [0.25, 0.3) is 11.1 Å². The molecule has 0 aliphatic rings. The standard InChI is InChI=1S/C40H48N2/c1-5-29-41(30-6-2)37-23-19-35(20-24-37)40(36-21-25-38(26-22-36)42(31-7-3)32-8-4)28-27-39(33-15-11-9-12-16-33)34-17-13-10-14-18-34/h9-28H,5-8,29-32H2,1-4H3. The third kappa shape index (κ3) is 8.26. The van der Waals surface area contributed by atoms with Gasteiger partial charge in [0.15, 0.2) is 0 Å². The topological polar surface area (TPSA) is 6.48 Å². The summed E-state index contributed by atoms with van der Waals surface area (Å²) in [6.45, 7) is 13.4. The summed E-state index contributed by atoms with van der Waals surface area (Å²) in [5, 5.41) is 0. The number of allylic oxidation sites excluding steroid dienone is 2. The minimum absolute atomic E-state index is 1.09. The van der Waals surface area contributed by atoms with E-state index in [0.717, 1.165) is 51.9 Å². The van der Waals surface area contributed by atoms with E-state index < -0.39 is 0 Å². The number of hydrogen-bond donors (Lipinski definition) is 0. The molecule has 0 radical (unpaired) electrons. The molecule has 0 aliphatic carbocycles. The summed E-state index contributed by atoms with van der Waals surface area (Å²) in [4.78, 5) is 5.00. The molecule has 0 unspecified atom stereocenters. The van der Waals surface area contributed by atoms with E-state index in [-0.39, 0.29) is 0 Å². The van der Waals surface area contributed by atoms with E-state index in [1.54, 1.807) is 0 Å². The number of benzene rings is 4. The largest absolute Gasteiger partial charge is 0.372 e. The minimum Gasteiger partial charge on any atom is -0.372 e. The van der Waals surface area contributed by atoms with Crippen molar-refractivity contribution in [1.82, 2.24) is 0 Å². The zero-order valence-electron chi connectivity index (χ0n) is 26.1. The van der Waals surface area contributed by atoms with Gasteiger partial charge in [0.25, 0.3) is 0 Å². The van der Waals surface area contributed by atoms with Crippen molar-refractivity contribution in [3.8, 4) is 0 Å². The molecule has 0 aliphatic heterocycles. The van der Waals surface area contributed by atoms with Crippen LogP contribution in [0.2, 0.25) is 0 Å². The van der Waals surface area contributed by atoms with Crippen molar-refractivity contribution in [2.45, 2.75) is 53.4 Å². The van der Waals surface area contributed by atoms with E-state index in [0.29, 0.717) is 0 Å². The van der Waals surface area contributed by atoms with Crippen LogP contribution in [0.4, 0.5) is 11.4 Å². The molecule has 4 rings (SSSR count). The molecule has 2 heteroatoms. The minimum atomic E-state index is 1.09. The summed E-state index contributed by atoms with van der Waals surface area (Å²) < 4.78 is 0. The predicted molar refractivity (Wildman–Crippen MR) is 186 cm³/mol. The molecule has 2 nitrogen and oxygen atoms in total. The highest BCUT2D eigenvalue weighted by atomic mass is 15.1. The normalized spacial score (nSPS) is 10.7. The Hall–Kier alpha value is -4.04. The lowest BCUT2D eigenvalue weighted by molar-refractivity contribution is 0.745. The summed E-state index contributed by atoms with van der Waals surface area (Å²) in [5.74, 6) is 0. The van der Waals surface area contributed by atoms with Gasteiger partial charge >= 0.3 is 0 Å².